The molecule has 0 atom stereocenters. The van der Waals surface area contributed by atoms with E-state index in [1.165, 1.54) is 0 Å². The molecule has 0 aliphatic rings. The van der Waals surface area contributed by atoms with E-state index < -0.39 is 7.82 Å². The summed E-state index contributed by atoms with van der Waals surface area (Å²) in [6.45, 7) is 6.12. The second-order valence-corrected chi connectivity index (χ2v) is 4.56. The molecule has 0 spiro atoms. The van der Waals surface area contributed by atoms with Crippen LogP contribution >= 0.6 is 7.82 Å². The normalized spacial score (nSPS) is 9.72. The largest absolute Gasteiger partial charge is 2.00 e. The summed E-state index contributed by atoms with van der Waals surface area (Å²) < 4.78 is 8.55. The SMILES string of the molecule is Cc1ccc(C(C)C)c(O)c1.O=P([O-])([O-])[O-].[Ca+2].[Ca+2]. The summed E-state index contributed by atoms with van der Waals surface area (Å²) in [7, 11) is -5.39. The van der Waals surface area contributed by atoms with Crippen LogP contribution in [0.4, 0.5) is 0 Å². The third-order valence-corrected chi connectivity index (χ3v) is 1.81. The quantitative estimate of drug-likeness (QED) is 0.539. The predicted octanol–water partition coefficient (Wildman–Crippen LogP) is -0.762. The zero-order valence-electron chi connectivity index (χ0n) is 10.8. The summed E-state index contributed by atoms with van der Waals surface area (Å²) in [4.78, 5) is 25.6. The van der Waals surface area contributed by atoms with Crippen molar-refractivity contribution in [2.45, 2.75) is 26.7 Å². The van der Waals surface area contributed by atoms with Gasteiger partial charge in [0.2, 0.25) is 0 Å². The Labute approximate surface area is 167 Å². The van der Waals surface area contributed by atoms with Gasteiger partial charge >= 0.3 is 75.5 Å². The van der Waals surface area contributed by atoms with Gasteiger partial charge in [0, 0.05) is 0 Å². The minimum absolute atomic E-state index is 0. The van der Waals surface area contributed by atoms with Crippen LogP contribution in [0.3, 0.4) is 0 Å². The average molecular weight is 325 g/mol. The van der Waals surface area contributed by atoms with Crippen molar-refractivity contribution in [3.05, 3.63) is 29.3 Å². The molecule has 0 heterocycles. The van der Waals surface area contributed by atoms with Gasteiger partial charge in [-0.05, 0) is 30.0 Å². The number of aromatic hydroxyl groups is 1. The standard InChI is InChI=1S/C10H14O.2Ca.H3O4P/c1-7(2)9-5-4-8(3)6-10(9)11;;;1-5(2,3)4/h4-7,11H,1-3H3;;;(H3,1,2,3,4)/q;2*+2;/p-3. The van der Waals surface area contributed by atoms with Crippen LogP contribution in [0.15, 0.2) is 18.2 Å². The third-order valence-electron chi connectivity index (χ3n) is 1.81. The molecule has 1 aromatic carbocycles. The van der Waals surface area contributed by atoms with Gasteiger partial charge in [-0.25, -0.2) is 0 Å². The molecule has 0 fully saturated rings. The second kappa shape index (κ2) is 11.3. The Morgan fingerprint density at radius 2 is 1.56 bits per heavy atom. The van der Waals surface area contributed by atoms with Crippen LogP contribution in [-0.2, 0) is 4.57 Å². The first-order valence-electron chi connectivity index (χ1n) is 4.64. The molecule has 0 aliphatic heterocycles. The Kier molecular flexibility index (Phi) is 15.5. The van der Waals surface area contributed by atoms with E-state index in [9.17, 15) is 5.11 Å². The monoisotopic (exact) mass is 325 g/mol. The van der Waals surface area contributed by atoms with Gasteiger partial charge in [-0.1, -0.05) is 26.0 Å². The van der Waals surface area contributed by atoms with Gasteiger partial charge in [0.05, 0.1) is 0 Å². The van der Waals surface area contributed by atoms with Gasteiger partial charge in [-0.15, -0.1) is 0 Å². The van der Waals surface area contributed by atoms with Gasteiger partial charge in [-0.2, -0.15) is 7.82 Å². The van der Waals surface area contributed by atoms with E-state index in [1.54, 1.807) is 6.07 Å². The zero-order chi connectivity index (χ0) is 12.9. The number of rotatable bonds is 1. The molecule has 92 valence electrons. The topological polar surface area (TPSA) is 106 Å². The molecule has 0 saturated heterocycles. The number of aryl methyl sites for hydroxylation is 1. The van der Waals surface area contributed by atoms with Crippen LogP contribution in [0.1, 0.15) is 30.9 Å². The molecule has 8 heteroatoms. The van der Waals surface area contributed by atoms with Crippen molar-refractivity contribution in [1.82, 2.24) is 0 Å². The average Bonchev–Trinajstić information content (AvgIpc) is 1.99. The van der Waals surface area contributed by atoms with Crippen LogP contribution in [-0.4, -0.2) is 80.6 Å². The summed E-state index contributed by atoms with van der Waals surface area (Å²) in [5.41, 5.74) is 2.13. The number of benzene rings is 1. The second-order valence-electron chi connectivity index (χ2n) is 3.66. The third kappa shape index (κ3) is 14.1. The van der Waals surface area contributed by atoms with E-state index in [1.807, 2.05) is 19.1 Å². The number of phenolic OH excluding ortho intramolecular Hbond substituents is 1. The van der Waals surface area contributed by atoms with E-state index in [-0.39, 0.29) is 75.5 Å². The van der Waals surface area contributed by atoms with Crippen molar-refractivity contribution in [2.24, 2.45) is 0 Å². The van der Waals surface area contributed by atoms with Gasteiger partial charge in [0.1, 0.15) is 5.75 Å². The molecule has 0 aromatic heterocycles. The molecule has 0 unspecified atom stereocenters. The summed E-state index contributed by atoms with van der Waals surface area (Å²) in [6, 6.07) is 5.81. The minimum Gasteiger partial charge on any atom is -0.822 e. The first-order valence-corrected chi connectivity index (χ1v) is 6.10. The van der Waals surface area contributed by atoms with Gasteiger partial charge in [-0.3, -0.25) is 0 Å². The summed E-state index contributed by atoms with van der Waals surface area (Å²) in [6.07, 6.45) is 0. The van der Waals surface area contributed by atoms with Crippen molar-refractivity contribution >= 4 is 83.3 Å². The van der Waals surface area contributed by atoms with Crippen LogP contribution in [0.5, 0.6) is 5.75 Å². The molecular weight excluding hydrogens is 311 g/mol. The van der Waals surface area contributed by atoms with E-state index in [0.717, 1.165) is 11.1 Å². The molecular formula is C10H14Ca2O5P+. The summed E-state index contributed by atoms with van der Waals surface area (Å²) >= 11 is 0. The Bertz CT molecular complexity index is 384. The molecule has 5 nitrogen and oxygen atoms in total. The number of hydrogen-bond acceptors (Lipinski definition) is 5. The fraction of sp³-hybridized carbons (Fsp3) is 0.400. The van der Waals surface area contributed by atoms with Crippen LogP contribution in [0, 0.1) is 6.92 Å². The summed E-state index contributed by atoms with van der Waals surface area (Å²) in [5.74, 6) is 0.815. The molecule has 0 radical (unpaired) electrons. The zero-order valence-corrected chi connectivity index (χ0v) is 16.1. The van der Waals surface area contributed by atoms with Crippen molar-refractivity contribution in [3.8, 4) is 5.75 Å². The molecule has 18 heavy (non-hydrogen) atoms. The number of hydrogen-bond donors (Lipinski definition) is 1. The van der Waals surface area contributed by atoms with Crippen LogP contribution < -0.4 is 14.7 Å². The molecule has 0 bridgehead atoms. The molecule has 1 N–H and O–H groups in total. The van der Waals surface area contributed by atoms with Crippen LogP contribution in [0.25, 0.3) is 0 Å². The predicted molar refractivity (Wildman–Crippen MR) is 66.0 cm³/mol. The van der Waals surface area contributed by atoms with E-state index in [0.29, 0.717) is 11.7 Å². The van der Waals surface area contributed by atoms with Crippen LogP contribution in [0.2, 0.25) is 0 Å². The van der Waals surface area contributed by atoms with Crippen molar-refractivity contribution in [3.63, 3.8) is 0 Å². The maximum Gasteiger partial charge on any atom is 2.00 e. The number of phenols is 1. The van der Waals surface area contributed by atoms with E-state index in [4.69, 9.17) is 19.2 Å². The van der Waals surface area contributed by atoms with E-state index >= 15 is 0 Å². The fourth-order valence-corrected chi connectivity index (χ4v) is 1.14. The minimum atomic E-state index is -5.39. The molecule has 0 amide bonds. The molecule has 0 saturated carbocycles. The van der Waals surface area contributed by atoms with Crippen molar-refractivity contribution in [1.29, 1.82) is 0 Å². The van der Waals surface area contributed by atoms with E-state index in [2.05, 4.69) is 13.8 Å². The maximum atomic E-state index is 9.46. The van der Waals surface area contributed by atoms with Crippen molar-refractivity contribution in [2.75, 3.05) is 0 Å². The van der Waals surface area contributed by atoms with Gasteiger partial charge < -0.3 is 24.4 Å². The van der Waals surface area contributed by atoms with Gasteiger partial charge in [0.25, 0.3) is 0 Å². The first kappa shape index (κ1) is 24.7. The molecule has 1 aromatic rings. The summed E-state index contributed by atoms with van der Waals surface area (Å²) in [5, 5.41) is 9.46. The Hall–Kier alpha value is 1.65. The molecule has 1 rings (SSSR count). The molecule has 0 aliphatic carbocycles. The smallest absolute Gasteiger partial charge is 0.822 e. The van der Waals surface area contributed by atoms with Crippen molar-refractivity contribution < 1.29 is 24.4 Å². The van der Waals surface area contributed by atoms with Gasteiger partial charge in [0.15, 0.2) is 0 Å². The first-order chi connectivity index (χ1) is 7.11. The number of phosphoric acid groups is 1. The fourth-order valence-electron chi connectivity index (χ4n) is 1.14. The maximum absolute atomic E-state index is 9.46. The Balaban J connectivity index is -0.000000282. The Morgan fingerprint density at radius 1 is 1.17 bits per heavy atom. The Morgan fingerprint density at radius 3 is 1.83 bits per heavy atom.